The molecule has 0 aliphatic heterocycles. The lowest BCUT2D eigenvalue weighted by Crippen LogP contribution is -1.94. The van der Waals surface area contributed by atoms with Crippen molar-refractivity contribution in [2.45, 2.75) is 18.7 Å². The van der Waals surface area contributed by atoms with E-state index in [1.807, 2.05) is 24.3 Å². The van der Waals surface area contributed by atoms with Crippen molar-refractivity contribution in [2.75, 3.05) is 0 Å². The highest BCUT2D eigenvalue weighted by molar-refractivity contribution is 6.17. The van der Waals surface area contributed by atoms with E-state index in [9.17, 15) is 4.39 Å². The van der Waals surface area contributed by atoms with Crippen LogP contribution in [-0.4, -0.2) is 0 Å². The molecule has 0 nitrogen and oxygen atoms in total. The molecule has 2 rings (SSSR count). The molecule has 0 N–H and O–H groups in total. The van der Waals surface area contributed by atoms with Gasteiger partial charge in [-0.25, -0.2) is 4.39 Å². The second-order valence-corrected chi connectivity index (χ2v) is 4.31. The van der Waals surface area contributed by atoms with Gasteiger partial charge in [-0.15, -0.1) is 11.6 Å². The quantitative estimate of drug-likeness (QED) is 0.706. The topological polar surface area (TPSA) is 0 Å². The second kappa shape index (κ2) is 5.83. The van der Waals surface area contributed by atoms with Crippen molar-refractivity contribution in [1.29, 1.82) is 0 Å². The lowest BCUT2D eigenvalue weighted by molar-refractivity contribution is 0.614. The van der Waals surface area contributed by atoms with E-state index >= 15 is 0 Å². The predicted octanol–water partition coefficient (Wildman–Crippen LogP) is 4.35. The Balaban J connectivity index is 2.02. The van der Waals surface area contributed by atoms with Crippen LogP contribution < -0.4 is 0 Å². The highest BCUT2D eigenvalue weighted by Crippen LogP contribution is 2.14. The molecule has 17 heavy (non-hydrogen) atoms. The molecular formula is C15H14ClF. The van der Waals surface area contributed by atoms with E-state index in [0.29, 0.717) is 5.56 Å². The lowest BCUT2D eigenvalue weighted by atomic mass is 10.0. The average Bonchev–Trinajstić information content (AvgIpc) is 2.38. The summed E-state index contributed by atoms with van der Waals surface area (Å²) in [5.74, 6) is 0.0238. The van der Waals surface area contributed by atoms with Crippen molar-refractivity contribution in [3.05, 3.63) is 71.0 Å². The molecule has 0 atom stereocenters. The van der Waals surface area contributed by atoms with Crippen molar-refractivity contribution in [3.63, 3.8) is 0 Å². The molecule has 0 saturated heterocycles. The Labute approximate surface area is 106 Å². The Morgan fingerprint density at radius 3 is 2.24 bits per heavy atom. The monoisotopic (exact) mass is 248 g/mol. The fourth-order valence-electron chi connectivity index (χ4n) is 1.79. The van der Waals surface area contributed by atoms with Crippen LogP contribution in [0.25, 0.3) is 0 Å². The van der Waals surface area contributed by atoms with Crippen LogP contribution in [0, 0.1) is 5.82 Å². The second-order valence-electron chi connectivity index (χ2n) is 4.04. The maximum atomic E-state index is 13.5. The Morgan fingerprint density at radius 2 is 1.59 bits per heavy atom. The maximum absolute atomic E-state index is 13.5. The number of hydrogen-bond acceptors (Lipinski definition) is 0. The zero-order valence-electron chi connectivity index (χ0n) is 9.50. The van der Waals surface area contributed by atoms with Gasteiger partial charge in [0.2, 0.25) is 0 Å². The molecule has 0 bridgehead atoms. The first-order chi connectivity index (χ1) is 8.29. The summed E-state index contributed by atoms with van der Waals surface area (Å²) in [5.41, 5.74) is 2.85. The van der Waals surface area contributed by atoms with Crippen LogP contribution in [0.4, 0.5) is 4.39 Å². The van der Waals surface area contributed by atoms with Crippen molar-refractivity contribution in [1.82, 2.24) is 0 Å². The van der Waals surface area contributed by atoms with Gasteiger partial charge in [-0.05, 0) is 30.0 Å². The van der Waals surface area contributed by atoms with Gasteiger partial charge in [0.25, 0.3) is 0 Å². The number of aryl methyl sites for hydroxylation is 2. The summed E-state index contributed by atoms with van der Waals surface area (Å²) in [4.78, 5) is 0. The molecule has 0 amide bonds. The number of benzene rings is 2. The summed E-state index contributed by atoms with van der Waals surface area (Å²) in [5, 5.41) is 0. The fourth-order valence-corrected chi connectivity index (χ4v) is 2.00. The van der Waals surface area contributed by atoms with Gasteiger partial charge in [-0.2, -0.15) is 0 Å². The third-order valence-corrected chi connectivity index (χ3v) is 3.09. The fraction of sp³-hybridized carbons (Fsp3) is 0.200. The zero-order chi connectivity index (χ0) is 12.1. The largest absolute Gasteiger partial charge is 0.207 e. The number of halogens is 2. The molecule has 2 heteroatoms. The molecule has 0 fully saturated rings. The number of alkyl halides is 1. The van der Waals surface area contributed by atoms with Gasteiger partial charge in [-0.1, -0.05) is 42.5 Å². The summed E-state index contributed by atoms with van der Waals surface area (Å²) < 4.78 is 13.5. The highest BCUT2D eigenvalue weighted by atomic mass is 35.5. The molecule has 88 valence electrons. The van der Waals surface area contributed by atoms with Gasteiger partial charge in [0.15, 0.2) is 0 Å². The minimum Gasteiger partial charge on any atom is -0.207 e. The molecule has 0 spiro atoms. The number of rotatable bonds is 4. The normalized spacial score (nSPS) is 10.5. The van der Waals surface area contributed by atoms with Gasteiger partial charge in [0, 0.05) is 5.56 Å². The van der Waals surface area contributed by atoms with Crippen LogP contribution in [0.3, 0.4) is 0 Å². The summed E-state index contributed by atoms with van der Waals surface area (Å²) >= 11 is 5.62. The summed E-state index contributed by atoms with van der Waals surface area (Å²) in [6.45, 7) is 0. The maximum Gasteiger partial charge on any atom is 0.127 e. The predicted molar refractivity (Wildman–Crippen MR) is 69.8 cm³/mol. The Morgan fingerprint density at radius 1 is 0.882 bits per heavy atom. The molecule has 0 heterocycles. The first kappa shape index (κ1) is 12.1. The molecular weight excluding hydrogens is 235 g/mol. The minimum atomic E-state index is -0.203. The van der Waals surface area contributed by atoms with Crippen LogP contribution >= 0.6 is 11.6 Å². The van der Waals surface area contributed by atoms with Crippen LogP contribution in [-0.2, 0) is 18.7 Å². The molecule has 0 aromatic heterocycles. The SMILES string of the molecule is Fc1cc(CCc2ccccc2)ccc1CCl. The molecule has 0 aliphatic carbocycles. The van der Waals surface area contributed by atoms with E-state index in [1.54, 1.807) is 12.1 Å². The van der Waals surface area contributed by atoms with Crippen LogP contribution in [0.5, 0.6) is 0 Å². The van der Waals surface area contributed by atoms with Crippen molar-refractivity contribution >= 4 is 11.6 Å². The van der Waals surface area contributed by atoms with Crippen LogP contribution in [0.1, 0.15) is 16.7 Å². The smallest absolute Gasteiger partial charge is 0.127 e. The van der Waals surface area contributed by atoms with E-state index in [4.69, 9.17) is 11.6 Å². The van der Waals surface area contributed by atoms with Gasteiger partial charge >= 0.3 is 0 Å². The van der Waals surface area contributed by atoms with Gasteiger partial charge in [-0.3, -0.25) is 0 Å². The molecule has 0 aliphatic rings. The molecule has 2 aromatic rings. The average molecular weight is 249 g/mol. The van der Waals surface area contributed by atoms with Gasteiger partial charge in [0.05, 0.1) is 5.88 Å². The molecule has 0 radical (unpaired) electrons. The third kappa shape index (κ3) is 3.31. The minimum absolute atomic E-state index is 0.203. The van der Waals surface area contributed by atoms with Crippen molar-refractivity contribution in [3.8, 4) is 0 Å². The molecule has 0 unspecified atom stereocenters. The first-order valence-corrected chi connectivity index (χ1v) is 6.20. The van der Waals surface area contributed by atoms with Crippen LogP contribution in [0.15, 0.2) is 48.5 Å². The van der Waals surface area contributed by atoms with Crippen molar-refractivity contribution in [2.24, 2.45) is 0 Å². The third-order valence-electron chi connectivity index (χ3n) is 2.81. The summed E-state index contributed by atoms with van der Waals surface area (Å²) in [7, 11) is 0. The lowest BCUT2D eigenvalue weighted by Gasteiger charge is -2.04. The van der Waals surface area contributed by atoms with E-state index < -0.39 is 0 Å². The Bertz CT molecular complexity index is 480. The summed E-state index contributed by atoms with van der Waals surface area (Å²) in [6.07, 6.45) is 1.78. The van der Waals surface area contributed by atoms with E-state index in [-0.39, 0.29) is 11.7 Å². The highest BCUT2D eigenvalue weighted by Gasteiger charge is 2.02. The van der Waals surface area contributed by atoms with E-state index in [0.717, 1.165) is 18.4 Å². The molecule has 0 saturated carbocycles. The molecule has 2 aromatic carbocycles. The number of hydrogen-bond donors (Lipinski definition) is 0. The summed E-state index contributed by atoms with van der Waals surface area (Å²) in [6, 6.07) is 15.5. The van der Waals surface area contributed by atoms with Crippen LogP contribution in [0.2, 0.25) is 0 Å². The Kier molecular flexibility index (Phi) is 4.16. The van der Waals surface area contributed by atoms with E-state index in [2.05, 4.69) is 12.1 Å². The van der Waals surface area contributed by atoms with Crippen molar-refractivity contribution < 1.29 is 4.39 Å². The first-order valence-electron chi connectivity index (χ1n) is 5.67. The van der Waals surface area contributed by atoms with Gasteiger partial charge < -0.3 is 0 Å². The van der Waals surface area contributed by atoms with Gasteiger partial charge in [0.1, 0.15) is 5.82 Å². The zero-order valence-corrected chi connectivity index (χ0v) is 10.3. The Hall–Kier alpha value is -1.34. The van der Waals surface area contributed by atoms with E-state index in [1.165, 1.54) is 5.56 Å². The standard InChI is InChI=1S/C15H14ClF/c16-11-14-9-8-13(10-15(14)17)7-6-12-4-2-1-3-5-12/h1-5,8-10H,6-7,11H2.